The number of rotatable bonds is 6. The first-order chi connectivity index (χ1) is 37.3. The topological polar surface area (TPSA) is 77.1 Å². The molecule has 0 aromatic rings. The second-order valence-corrected chi connectivity index (χ2v) is 34.1. The molecule has 0 amide bonds. The number of likely N-dealkylation sites (tertiary alicyclic amines) is 1. The van der Waals surface area contributed by atoms with Gasteiger partial charge < -0.3 is 16.4 Å². The van der Waals surface area contributed by atoms with E-state index in [-0.39, 0.29) is 22.8 Å². The van der Waals surface area contributed by atoms with Gasteiger partial charge in [-0.2, -0.15) is 5.26 Å². The number of nitrogens with zero attached hydrogens (tertiary/aromatic N) is 2. The van der Waals surface area contributed by atoms with E-state index in [0.29, 0.717) is 58.9 Å². The van der Waals surface area contributed by atoms with Crippen LogP contribution in [0.2, 0.25) is 0 Å². The summed E-state index contributed by atoms with van der Waals surface area (Å²) in [6.45, 7) is 17.9. The number of hydrogen-bond donors (Lipinski definition) is 3. The summed E-state index contributed by atoms with van der Waals surface area (Å²) < 4.78 is 0. The molecule has 0 aromatic carbocycles. The van der Waals surface area contributed by atoms with Crippen molar-refractivity contribution in [3.05, 3.63) is 11.6 Å². The zero-order chi connectivity index (χ0) is 52.3. The van der Waals surface area contributed by atoms with E-state index in [1.165, 1.54) is 206 Å². The van der Waals surface area contributed by atoms with Crippen molar-refractivity contribution in [3.63, 3.8) is 0 Å². The van der Waals surface area contributed by atoms with Crippen molar-refractivity contribution in [1.29, 1.82) is 5.26 Å². The Labute approximate surface area is 471 Å². The standard InChI is InChI=1S/C72H115N5/c1-69(2)54-27-14-10-21-45(54)48-25-18-26-52(64(48)69)68(75-41-42-19-8-7-9-20-42)72-36-35-43(39-72)62-57(33-31-49-46-22-11-15-28-55(46)70(3,4)65(49)62)76-58-38-61(44(40-73)37-53(58)67(72)74)77-59-30-17-13-24-51(59)63-60(77)34-32-50-47-23-12-16-29-56(47)71(5,6)66(50)63/h27,42-53,55-68,75-76H,7-26,28-39,41,74H2,1-6H3. The SMILES string of the molecule is CC1(C)C2=CCCCC2C2CCCC(C(NCC3CCCCC3)C34CCC(C3)C3C(CCC5C6CCCCC6C(C)(C)C53)NC3CC(N5C6CCCCC6C6C5CCC5C7CCCCC7C(C)(C)C56)C(C#N)CC3C4N)C21. The molecule has 26 unspecified atom stereocenters. The van der Waals surface area contributed by atoms with Gasteiger partial charge in [0.2, 0.25) is 0 Å². The summed E-state index contributed by atoms with van der Waals surface area (Å²) in [6.07, 6.45) is 47.9. The van der Waals surface area contributed by atoms with Crippen LogP contribution in [0, 0.1) is 145 Å². The maximum atomic E-state index is 12.0. The number of allylic oxidation sites excluding steroid dienone is 2. The van der Waals surface area contributed by atoms with Crippen LogP contribution in [0.3, 0.4) is 0 Å². The molecule has 2 saturated heterocycles. The molecule has 2 aliphatic heterocycles. The molecule has 2 bridgehead atoms. The summed E-state index contributed by atoms with van der Waals surface area (Å²) in [6, 6.07) is 6.63. The monoisotopic (exact) mass is 1050 g/mol. The molecule has 4 N–H and O–H groups in total. The molecule has 5 nitrogen and oxygen atoms in total. The maximum Gasteiger partial charge on any atom is 0.0672 e. The van der Waals surface area contributed by atoms with Crippen molar-refractivity contribution in [1.82, 2.24) is 15.5 Å². The molecule has 428 valence electrons. The van der Waals surface area contributed by atoms with Crippen LogP contribution < -0.4 is 16.4 Å². The van der Waals surface area contributed by atoms with E-state index in [9.17, 15) is 5.26 Å². The van der Waals surface area contributed by atoms with Crippen LogP contribution in [0.4, 0.5) is 0 Å². The number of nitrogens with one attached hydrogen (secondary N) is 2. The molecule has 0 aromatic heterocycles. The van der Waals surface area contributed by atoms with Gasteiger partial charge in [0, 0.05) is 47.7 Å². The number of hydrogen-bond acceptors (Lipinski definition) is 5. The van der Waals surface area contributed by atoms with E-state index < -0.39 is 0 Å². The van der Waals surface area contributed by atoms with Crippen molar-refractivity contribution in [3.8, 4) is 6.07 Å². The fourth-order valence-electron chi connectivity index (χ4n) is 28.8. The molecule has 14 fully saturated rings. The fourth-order valence-corrected chi connectivity index (χ4v) is 28.8. The van der Waals surface area contributed by atoms with Crippen molar-refractivity contribution in [2.24, 2.45) is 140 Å². The van der Waals surface area contributed by atoms with E-state index in [2.05, 4.69) is 58.6 Å². The van der Waals surface area contributed by atoms with Crippen LogP contribution in [0.5, 0.6) is 0 Å². The molecule has 26 atom stereocenters. The minimum absolute atomic E-state index is 0.0648. The molecule has 15 rings (SSSR count). The molecule has 77 heavy (non-hydrogen) atoms. The number of fused-ring (bicyclic) bond motifs is 19. The number of nitrogens with two attached hydrogens (primary N) is 1. The summed E-state index contributed by atoms with van der Waals surface area (Å²) in [5, 5.41) is 21.8. The fraction of sp³-hybridized carbons (Fsp3) is 0.958. The lowest BCUT2D eigenvalue weighted by molar-refractivity contribution is -0.0337. The van der Waals surface area contributed by atoms with E-state index in [4.69, 9.17) is 16.4 Å². The summed E-state index contributed by atoms with van der Waals surface area (Å²) >= 11 is 0. The maximum absolute atomic E-state index is 12.0. The predicted molar refractivity (Wildman–Crippen MR) is 315 cm³/mol. The third-order valence-corrected chi connectivity index (χ3v) is 30.9. The van der Waals surface area contributed by atoms with Gasteiger partial charge in [-0.1, -0.05) is 117 Å². The Hall–Kier alpha value is -0.930. The van der Waals surface area contributed by atoms with E-state index >= 15 is 0 Å². The third-order valence-electron chi connectivity index (χ3n) is 30.9. The molecular formula is C72H115N5. The van der Waals surface area contributed by atoms with Gasteiger partial charge in [-0.05, 0) is 271 Å². The second-order valence-electron chi connectivity index (χ2n) is 34.1. The first-order valence-corrected chi connectivity index (χ1v) is 35.5. The van der Waals surface area contributed by atoms with Gasteiger partial charge in [0.05, 0.1) is 12.0 Å². The zero-order valence-electron chi connectivity index (χ0n) is 50.4. The van der Waals surface area contributed by atoms with E-state index in [1.807, 2.05) is 5.57 Å². The summed E-state index contributed by atoms with van der Waals surface area (Å²) in [5.74, 6) is 14.9. The Balaban J connectivity index is 0.836. The second kappa shape index (κ2) is 19.8. The predicted octanol–water partition coefficient (Wildman–Crippen LogP) is 15.9. The number of nitriles is 1. The molecule has 0 radical (unpaired) electrons. The van der Waals surface area contributed by atoms with Crippen molar-refractivity contribution < 1.29 is 0 Å². The summed E-state index contributed by atoms with van der Waals surface area (Å²) in [7, 11) is 0. The van der Waals surface area contributed by atoms with Gasteiger partial charge in [0.25, 0.3) is 0 Å². The zero-order valence-corrected chi connectivity index (χ0v) is 50.4. The Kier molecular flexibility index (Phi) is 13.6. The largest absolute Gasteiger partial charge is 0.327 e. The van der Waals surface area contributed by atoms with Gasteiger partial charge in [-0.15, -0.1) is 0 Å². The highest BCUT2D eigenvalue weighted by molar-refractivity contribution is 5.30. The highest BCUT2D eigenvalue weighted by Crippen LogP contribution is 2.72. The van der Waals surface area contributed by atoms with E-state index in [1.54, 1.807) is 0 Å². The molecule has 5 heteroatoms. The lowest BCUT2D eigenvalue weighted by atomic mass is 9.54. The van der Waals surface area contributed by atoms with Crippen LogP contribution in [0.25, 0.3) is 0 Å². The van der Waals surface area contributed by atoms with Crippen LogP contribution in [-0.4, -0.2) is 53.7 Å². The van der Waals surface area contributed by atoms with Gasteiger partial charge in [-0.3, -0.25) is 4.90 Å². The molecule has 15 aliphatic rings. The average molecular weight is 1050 g/mol. The first kappa shape index (κ1) is 52.8. The highest BCUT2D eigenvalue weighted by atomic mass is 15.3. The molecule has 13 aliphatic carbocycles. The van der Waals surface area contributed by atoms with E-state index in [0.717, 1.165) is 101 Å². The molecule has 12 saturated carbocycles. The Morgan fingerprint density at radius 3 is 2.00 bits per heavy atom. The highest BCUT2D eigenvalue weighted by Gasteiger charge is 2.70. The van der Waals surface area contributed by atoms with Gasteiger partial charge >= 0.3 is 0 Å². The van der Waals surface area contributed by atoms with Crippen molar-refractivity contribution in [2.75, 3.05) is 6.54 Å². The van der Waals surface area contributed by atoms with Gasteiger partial charge in [0.1, 0.15) is 0 Å². The lowest BCUT2D eigenvalue weighted by Gasteiger charge is -2.56. The molecule has 2 heterocycles. The summed E-state index contributed by atoms with van der Waals surface area (Å²) in [4.78, 5) is 3.28. The Bertz CT molecular complexity index is 2230. The normalized spacial score (nSPS) is 53.6. The average Bonchev–Trinajstić information content (AvgIpc) is 4.30. The molecular weight excluding hydrogens is 935 g/mol. The van der Waals surface area contributed by atoms with Crippen molar-refractivity contribution >= 4 is 0 Å². The quantitative estimate of drug-likeness (QED) is 0.231. The van der Waals surface area contributed by atoms with Gasteiger partial charge in [-0.25, -0.2) is 0 Å². The Morgan fingerprint density at radius 2 is 1.26 bits per heavy atom. The first-order valence-electron chi connectivity index (χ1n) is 35.5. The minimum atomic E-state index is 0.0648. The summed E-state index contributed by atoms with van der Waals surface area (Å²) in [5.41, 5.74) is 11.8. The van der Waals surface area contributed by atoms with Crippen LogP contribution in [0.15, 0.2) is 11.6 Å². The van der Waals surface area contributed by atoms with Gasteiger partial charge in [0.15, 0.2) is 0 Å². The van der Waals surface area contributed by atoms with Crippen molar-refractivity contribution in [2.45, 2.75) is 289 Å². The molecule has 0 spiro atoms. The van der Waals surface area contributed by atoms with Crippen LogP contribution in [-0.2, 0) is 0 Å². The lowest BCUT2D eigenvalue weighted by Crippen LogP contribution is -2.66. The Morgan fingerprint density at radius 1 is 0.597 bits per heavy atom. The third kappa shape index (κ3) is 7.91. The smallest absolute Gasteiger partial charge is 0.0672 e. The van der Waals surface area contributed by atoms with Crippen LogP contribution in [0.1, 0.15) is 247 Å². The minimum Gasteiger partial charge on any atom is -0.327 e. The van der Waals surface area contributed by atoms with Crippen LogP contribution >= 0.6 is 0 Å².